The van der Waals surface area contributed by atoms with Gasteiger partial charge in [-0.1, -0.05) is 31.5 Å². The van der Waals surface area contributed by atoms with Crippen LogP contribution in [0.5, 0.6) is 5.75 Å². The Morgan fingerprint density at radius 3 is 2.89 bits per heavy atom. The second-order valence-corrected chi connectivity index (χ2v) is 5.56. The number of hydrogen-bond donors (Lipinski definition) is 1. The van der Waals surface area contributed by atoms with Gasteiger partial charge in [0.05, 0.1) is 6.61 Å². The molecule has 1 N–H and O–H groups in total. The van der Waals surface area contributed by atoms with Crippen molar-refractivity contribution in [2.24, 2.45) is 0 Å². The van der Waals surface area contributed by atoms with Crippen molar-refractivity contribution in [2.75, 3.05) is 6.61 Å². The quantitative estimate of drug-likeness (QED) is 0.728. The predicted octanol–water partition coefficient (Wildman–Crippen LogP) is 4.22. The first kappa shape index (κ1) is 14.1. The molecule has 19 heavy (non-hydrogen) atoms. The standard InChI is InChI=1S/C16H21NOS/c1-2-3-9-18-15-7-4-6-14(11-15)12-17-13-16-8-5-10-19-16/h4-8,10-11,17H,2-3,9,12-13H2,1H3. The molecule has 0 unspecified atom stereocenters. The van der Waals surface area contributed by atoms with Crippen LogP contribution in [-0.2, 0) is 13.1 Å². The zero-order valence-corrected chi connectivity index (χ0v) is 12.2. The first-order chi connectivity index (χ1) is 9.38. The van der Waals surface area contributed by atoms with Gasteiger partial charge in [-0.3, -0.25) is 0 Å². The van der Waals surface area contributed by atoms with Crippen LogP contribution in [-0.4, -0.2) is 6.61 Å². The maximum absolute atomic E-state index is 5.71. The third kappa shape index (κ3) is 5.05. The molecule has 102 valence electrons. The van der Waals surface area contributed by atoms with Crippen LogP contribution in [0, 0.1) is 0 Å². The third-order valence-corrected chi connectivity index (χ3v) is 3.75. The van der Waals surface area contributed by atoms with E-state index in [0.29, 0.717) is 0 Å². The van der Waals surface area contributed by atoms with Crippen molar-refractivity contribution in [1.29, 1.82) is 0 Å². The van der Waals surface area contributed by atoms with Gasteiger partial charge in [0.1, 0.15) is 5.75 Å². The Morgan fingerprint density at radius 1 is 1.16 bits per heavy atom. The summed E-state index contributed by atoms with van der Waals surface area (Å²) in [6, 6.07) is 12.6. The summed E-state index contributed by atoms with van der Waals surface area (Å²) in [6.45, 7) is 4.79. The lowest BCUT2D eigenvalue weighted by Crippen LogP contribution is -2.11. The van der Waals surface area contributed by atoms with Gasteiger partial charge < -0.3 is 10.1 Å². The van der Waals surface area contributed by atoms with Gasteiger partial charge in [0.2, 0.25) is 0 Å². The second kappa shape index (κ2) is 7.97. The van der Waals surface area contributed by atoms with Crippen LogP contribution < -0.4 is 10.1 Å². The van der Waals surface area contributed by atoms with Crippen molar-refractivity contribution in [3.63, 3.8) is 0 Å². The fourth-order valence-electron chi connectivity index (χ4n) is 1.82. The maximum atomic E-state index is 5.71. The van der Waals surface area contributed by atoms with E-state index in [1.807, 2.05) is 6.07 Å². The number of ether oxygens (including phenoxy) is 1. The molecule has 1 aromatic heterocycles. The summed E-state index contributed by atoms with van der Waals surface area (Å²) in [5.41, 5.74) is 1.27. The fraction of sp³-hybridized carbons (Fsp3) is 0.375. The molecule has 0 aliphatic heterocycles. The minimum Gasteiger partial charge on any atom is -0.494 e. The molecule has 0 spiro atoms. The van der Waals surface area contributed by atoms with Crippen molar-refractivity contribution in [1.82, 2.24) is 5.32 Å². The Morgan fingerprint density at radius 2 is 2.11 bits per heavy atom. The zero-order chi connectivity index (χ0) is 13.3. The largest absolute Gasteiger partial charge is 0.494 e. The summed E-state index contributed by atoms with van der Waals surface area (Å²) in [7, 11) is 0. The van der Waals surface area contributed by atoms with E-state index in [0.717, 1.165) is 31.9 Å². The Labute approximate surface area is 119 Å². The molecule has 0 aliphatic rings. The highest BCUT2D eigenvalue weighted by Gasteiger charge is 1.98. The average molecular weight is 275 g/mol. The highest BCUT2D eigenvalue weighted by atomic mass is 32.1. The molecule has 0 atom stereocenters. The fourth-order valence-corrected chi connectivity index (χ4v) is 2.50. The molecule has 0 bridgehead atoms. The molecule has 2 rings (SSSR count). The number of thiophene rings is 1. The van der Waals surface area contributed by atoms with E-state index in [4.69, 9.17) is 4.74 Å². The molecular weight excluding hydrogens is 254 g/mol. The molecule has 0 saturated carbocycles. The smallest absolute Gasteiger partial charge is 0.119 e. The van der Waals surface area contributed by atoms with Crippen molar-refractivity contribution in [2.45, 2.75) is 32.9 Å². The number of rotatable bonds is 8. The lowest BCUT2D eigenvalue weighted by molar-refractivity contribution is 0.309. The van der Waals surface area contributed by atoms with E-state index in [-0.39, 0.29) is 0 Å². The summed E-state index contributed by atoms with van der Waals surface area (Å²) in [5.74, 6) is 0.976. The topological polar surface area (TPSA) is 21.3 Å². The van der Waals surface area contributed by atoms with E-state index in [9.17, 15) is 0 Å². The SMILES string of the molecule is CCCCOc1cccc(CNCc2cccs2)c1. The van der Waals surface area contributed by atoms with Crippen LogP contribution in [0.1, 0.15) is 30.2 Å². The van der Waals surface area contributed by atoms with E-state index in [1.165, 1.54) is 16.9 Å². The third-order valence-electron chi connectivity index (χ3n) is 2.87. The van der Waals surface area contributed by atoms with Gasteiger partial charge in [0, 0.05) is 18.0 Å². The molecule has 1 heterocycles. The van der Waals surface area contributed by atoms with Crippen LogP contribution in [0.15, 0.2) is 41.8 Å². The van der Waals surface area contributed by atoms with Crippen molar-refractivity contribution >= 4 is 11.3 Å². The average Bonchev–Trinajstić information content (AvgIpc) is 2.93. The van der Waals surface area contributed by atoms with Gasteiger partial charge >= 0.3 is 0 Å². The maximum Gasteiger partial charge on any atom is 0.119 e. The normalized spacial score (nSPS) is 10.6. The van der Waals surface area contributed by atoms with Gasteiger partial charge in [0.25, 0.3) is 0 Å². The van der Waals surface area contributed by atoms with Crippen molar-refractivity contribution < 1.29 is 4.74 Å². The molecule has 0 amide bonds. The summed E-state index contributed by atoms with van der Waals surface area (Å²) >= 11 is 1.79. The van der Waals surface area contributed by atoms with E-state index >= 15 is 0 Å². The van der Waals surface area contributed by atoms with Gasteiger partial charge in [-0.15, -0.1) is 11.3 Å². The van der Waals surface area contributed by atoms with Gasteiger partial charge in [-0.25, -0.2) is 0 Å². The van der Waals surface area contributed by atoms with Gasteiger partial charge in [0.15, 0.2) is 0 Å². The zero-order valence-electron chi connectivity index (χ0n) is 11.4. The molecule has 0 saturated heterocycles. The Hall–Kier alpha value is -1.32. The highest BCUT2D eigenvalue weighted by Crippen LogP contribution is 2.14. The van der Waals surface area contributed by atoms with Gasteiger partial charge in [-0.2, -0.15) is 0 Å². The Kier molecular flexibility index (Phi) is 5.92. The van der Waals surface area contributed by atoms with Crippen LogP contribution in [0.25, 0.3) is 0 Å². The molecule has 2 nitrogen and oxygen atoms in total. The summed E-state index contributed by atoms with van der Waals surface area (Å²) in [4.78, 5) is 1.37. The summed E-state index contributed by atoms with van der Waals surface area (Å²) < 4.78 is 5.71. The minimum atomic E-state index is 0.808. The monoisotopic (exact) mass is 275 g/mol. The first-order valence-corrected chi connectivity index (χ1v) is 7.71. The molecule has 0 aliphatic carbocycles. The van der Waals surface area contributed by atoms with E-state index in [2.05, 4.69) is 48.0 Å². The molecular formula is C16H21NOS. The first-order valence-electron chi connectivity index (χ1n) is 6.83. The van der Waals surface area contributed by atoms with E-state index < -0.39 is 0 Å². The number of benzene rings is 1. The van der Waals surface area contributed by atoms with Crippen LogP contribution in [0.4, 0.5) is 0 Å². The molecule has 1 aromatic carbocycles. The van der Waals surface area contributed by atoms with Crippen LogP contribution >= 0.6 is 11.3 Å². The second-order valence-electron chi connectivity index (χ2n) is 4.53. The van der Waals surface area contributed by atoms with E-state index in [1.54, 1.807) is 11.3 Å². The molecule has 0 radical (unpaired) electrons. The van der Waals surface area contributed by atoms with Crippen molar-refractivity contribution in [3.8, 4) is 5.75 Å². The predicted molar refractivity (Wildman–Crippen MR) is 81.7 cm³/mol. The molecule has 3 heteroatoms. The minimum absolute atomic E-state index is 0.808. The van der Waals surface area contributed by atoms with Gasteiger partial charge in [-0.05, 0) is 35.6 Å². The number of hydrogen-bond acceptors (Lipinski definition) is 3. The Bertz CT molecular complexity index is 467. The lowest BCUT2D eigenvalue weighted by atomic mass is 10.2. The number of unbranched alkanes of at least 4 members (excludes halogenated alkanes) is 1. The summed E-state index contributed by atoms with van der Waals surface area (Å²) in [5, 5.41) is 5.56. The van der Waals surface area contributed by atoms with Crippen LogP contribution in [0.2, 0.25) is 0 Å². The van der Waals surface area contributed by atoms with Crippen molar-refractivity contribution in [3.05, 3.63) is 52.2 Å². The summed E-state index contributed by atoms with van der Waals surface area (Å²) in [6.07, 6.45) is 2.28. The molecule has 0 fully saturated rings. The number of nitrogens with one attached hydrogen (secondary N) is 1. The Balaban J connectivity index is 1.78. The highest BCUT2D eigenvalue weighted by molar-refractivity contribution is 7.09. The lowest BCUT2D eigenvalue weighted by Gasteiger charge is -2.08. The van der Waals surface area contributed by atoms with Crippen LogP contribution in [0.3, 0.4) is 0 Å². The molecule has 2 aromatic rings.